The molecule has 0 amide bonds. The number of pyridine rings is 1. The Labute approximate surface area is 213 Å². The molecule has 6 nitrogen and oxygen atoms in total. The Morgan fingerprint density at radius 2 is 1.85 bits per heavy atom. The maximum atomic E-state index is 6.67. The number of halogens is 2. The van der Waals surface area contributed by atoms with Gasteiger partial charge in [-0.3, -0.25) is 0 Å². The summed E-state index contributed by atoms with van der Waals surface area (Å²) in [6.07, 6.45) is 12.4. The van der Waals surface area contributed by atoms with Crippen molar-refractivity contribution in [3.63, 3.8) is 0 Å². The molecule has 4 rings (SSSR count). The van der Waals surface area contributed by atoms with Gasteiger partial charge in [0.15, 0.2) is 11.0 Å². The predicted molar refractivity (Wildman–Crippen MR) is 142 cm³/mol. The number of thioether (sulfide) groups is 1. The van der Waals surface area contributed by atoms with Gasteiger partial charge >= 0.3 is 0 Å². The molecule has 1 aliphatic rings. The molecule has 0 spiro atoms. The molecule has 0 radical (unpaired) electrons. The highest BCUT2D eigenvalue weighted by atomic mass is 35.5. The van der Waals surface area contributed by atoms with Crippen LogP contribution in [0.1, 0.15) is 19.8 Å². The minimum absolute atomic E-state index is 0.361. The summed E-state index contributed by atoms with van der Waals surface area (Å²) in [5.41, 5.74) is 3.17. The van der Waals surface area contributed by atoms with Crippen LogP contribution in [0.4, 0.5) is 5.82 Å². The molecule has 1 N–H and O–H groups in total. The van der Waals surface area contributed by atoms with Gasteiger partial charge in [0.05, 0.1) is 30.0 Å². The Morgan fingerprint density at radius 1 is 1.12 bits per heavy atom. The van der Waals surface area contributed by atoms with Gasteiger partial charge in [-0.05, 0) is 31.1 Å². The molecule has 3 aromatic rings. The largest absolute Gasteiger partial charge is 0.495 e. The van der Waals surface area contributed by atoms with E-state index < -0.39 is 0 Å². The molecule has 34 heavy (non-hydrogen) atoms. The zero-order valence-corrected chi connectivity index (χ0v) is 21.8. The van der Waals surface area contributed by atoms with Gasteiger partial charge in [-0.25, -0.2) is 15.0 Å². The van der Waals surface area contributed by atoms with E-state index in [-0.39, 0.29) is 0 Å². The van der Waals surface area contributed by atoms with Gasteiger partial charge in [-0.1, -0.05) is 65.7 Å². The van der Waals surface area contributed by atoms with Crippen molar-refractivity contribution in [3.8, 4) is 22.8 Å². The van der Waals surface area contributed by atoms with E-state index in [1.54, 1.807) is 26.5 Å². The van der Waals surface area contributed by atoms with E-state index in [1.165, 1.54) is 17.3 Å². The number of hydrogen-bond donors (Lipinski definition) is 1. The zero-order chi connectivity index (χ0) is 24.2. The van der Waals surface area contributed by atoms with Gasteiger partial charge < -0.3 is 14.8 Å². The van der Waals surface area contributed by atoms with Crippen molar-refractivity contribution in [2.75, 3.05) is 32.3 Å². The zero-order valence-electron chi connectivity index (χ0n) is 19.5. The number of aromatic nitrogens is 3. The van der Waals surface area contributed by atoms with Gasteiger partial charge in [-0.2, -0.15) is 0 Å². The van der Waals surface area contributed by atoms with Crippen LogP contribution in [0.2, 0.25) is 10.0 Å². The Hall–Kier alpha value is -2.48. The molecule has 1 aromatic carbocycles. The molecule has 178 valence electrons. The molecule has 1 aliphatic carbocycles. The van der Waals surface area contributed by atoms with Crippen LogP contribution in [0.15, 0.2) is 47.3 Å². The van der Waals surface area contributed by atoms with Crippen molar-refractivity contribution in [2.24, 2.45) is 5.92 Å². The Bertz CT molecular complexity index is 1250. The van der Waals surface area contributed by atoms with Crippen LogP contribution in [0.5, 0.6) is 11.5 Å². The first-order valence-corrected chi connectivity index (χ1v) is 12.9. The van der Waals surface area contributed by atoms with E-state index in [2.05, 4.69) is 35.5 Å². The minimum Gasteiger partial charge on any atom is -0.495 e. The number of allylic oxidation sites excluding steroid dienone is 3. The summed E-state index contributed by atoms with van der Waals surface area (Å²) < 4.78 is 10.9. The molecule has 0 aliphatic heterocycles. The number of methoxy groups -OCH3 is 2. The molecule has 2 aromatic heterocycles. The third-order valence-electron chi connectivity index (χ3n) is 5.65. The normalized spacial score (nSPS) is 15.4. The summed E-state index contributed by atoms with van der Waals surface area (Å²) in [7, 11) is 3.10. The number of rotatable bonds is 8. The second-order valence-corrected chi connectivity index (χ2v) is 9.49. The van der Waals surface area contributed by atoms with Crippen LogP contribution in [-0.2, 0) is 0 Å². The highest BCUT2D eigenvalue weighted by molar-refractivity contribution is 7.98. The average Bonchev–Trinajstić information content (AvgIpc) is 2.85. The maximum absolute atomic E-state index is 6.67. The lowest BCUT2D eigenvalue weighted by Crippen LogP contribution is -2.08. The minimum atomic E-state index is 0.361. The quantitative estimate of drug-likeness (QED) is 0.253. The fraction of sp³-hybridized carbons (Fsp3) is 0.320. The monoisotopic (exact) mass is 516 g/mol. The fourth-order valence-electron chi connectivity index (χ4n) is 3.77. The lowest BCUT2D eigenvalue weighted by molar-refractivity contribution is 0.395. The van der Waals surface area contributed by atoms with E-state index in [0.29, 0.717) is 56.2 Å². The Balaban J connectivity index is 1.77. The summed E-state index contributed by atoms with van der Waals surface area (Å²) in [6.45, 7) is 2.92. The van der Waals surface area contributed by atoms with Crippen molar-refractivity contribution < 1.29 is 9.47 Å². The van der Waals surface area contributed by atoms with Gasteiger partial charge in [0.2, 0.25) is 0 Å². The third kappa shape index (κ3) is 5.11. The molecule has 2 heterocycles. The summed E-state index contributed by atoms with van der Waals surface area (Å²) in [4.78, 5) is 14.0. The van der Waals surface area contributed by atoms with E-state index >= 15 is 0 Å². The Kier molecular flexibility index (Phi) is 7.86. The molecular formula is C25H26Cl2N4O2S. The average molecular weight is 517 g/mol. The predicted octanol–water partition coefficient (Wildman–Crippen LogP) is 7.06. The van der Waals surface area contributed by atoms with Crippen molar-refractivity contribution >= 4 is 51.7 Å². The van der Waals surface area contributed by atoms with Gasteiger partial charge in [0, 0.05) is 29.8 Å². The summed E-state index contributed by atoms with van der Waals surface area (Å²) in [5.74, 6) is 2.14. The van der Waals surface area contributed by atoms with Crippen LogP contribution >= 0.6 is 35.0 Å². The lowest BCUT2D eigenvalue weighted by atomic mass is 9.97. The number of fused-ring (bicyclic) bond motifs is 1. The molecule has 9 heteroatoms. The Morgan fingerprint density at radius 3 is 2.47 bits per heavy atom. The highest BCUT2D eigenvalue weighted by Crippen LogP contribution is 2.46. The summed E-state index contributed by atoms with van der Waals surface area (Å²) in [6, 6.07) is 3.54. The van der Waals surface area contributed by atoms with Crippen LogP contribution in [-0.4, -0.2) is 42.0 Å². The van der Waals surface area contributed by atoms with Crippen molar-refractivity contribution in [1.82, 2.24) is 15.0 Å². The van der Waals surface area contributed by atoms with Crippen molar-refractivity contribution in [1.29, 1.82) is 0 Å². The second-order valence-electron chi connectivity index (χ2n) is 7.96. The molecule has 0 fully saturated rings. The van der Waals surface area contributed by atoms with Gasteiger partial charge in [0.25, 0.3) is 0 Å². The first kappa shape index (κ1) is 24.6. The number of hydrogen-bond acceptors (Lipinski definition) is 7. The van der Waals surface area contributed by atoms with E-state index in [1.807, 2.05) is 12.3 Å². The highest BCUT2D eigenvalue weighted by Gasteiger charge is 2.21. The molecular weight excluding hydrogens is 491 g/mol. The van der Waals surface area contributed by atoms with Gasteiger partial charge in [-0.15, -0.1) is 0 Å². The molecule has 0 bridgehead atoms. The topological polar surface area (TPSA) is 69.2 Å². The van der Waals surface area contributed by atoms with Crippen molar-refractivity contribution in [2.45, 2.75) is 24.9 Å². The SMILES string of the molecule is COc1cc(OC)c(Cl)c(-c2cc3cnc(SC)nc3c(NCCC3=CCC(C)C=C3)n2)c1Cl. The van der Waals surface area contributed by atoms with E-state index in [0.717, 1.165) is 23.7 Å². The van der Waals surface area contributed by atoms with Crippen molar-refractivity contribution in [3.05, 3.63) is 52.2 Å². The third-order valence-corrected chi connectivity index (χ3v) is 6.97. The summed E-state index contributed by atoms with van der Waals surface area (Å²) >= 11 is 14.8. The number of nitrogens with one attached hydrogen (secondary N) is 1. The molecule has 0 saturated heterocycles. The summed E-state index contributed by atoms with van der Waals surface area (Å²) in [5, 5.41) is 5.69. The number of anilines is 1. The number of nitrogens with zero attached hydrogens (tertiary/aromatic N) is 3. The first-order valence-electron chi connectivity index (χ1n) is 10.9. The van der Waals surface area contributed by atoms with Crippen LogP contribution < -0.4 is 14.8 Å². The first-order chi connectivity index (χ1) is 16.4. The maximum Gasteiger partial charge on any atom is 0.187 e. The molecule has 0 saturated carbocycles. The number of ether oxygens (including phenoxy) is 2. The standard InChI is InChI=1S/C25H26Cl2N4O2S/c1-14-5-7-15(8-6-14)9-10-28-24-23-16(13-29-25(31-23)34-4)11-17(30-24)20-21(26)18(32-2)12-19(33-3)22(20)27/h5,7-8,11-14H,6,9-10H2,1-4H3,(H,28,30). The molecule has 1 unspecified atom stereocenters. The fourth-order valence-corrected chi connectivity index (χ4v) is 4.80. The van der Waals surface area contributed by atoms with E-state index in [9.17, 15) is 0 Å². The van der Waals surface area contributed by atoms with Crippen LogP contribution in [0, 0.1) is 5.92 Å². The smallest absolute Gasteiger partial charge is 0.187 e. The van der Waals surface area contributed by atoms with Crippen LogP contribution in [0.3, 0.4) is 0 Å². The molecule has 1 atom stereocenters. The van der Waals surface area contributed by atoms with Crippen LogP contribution in [0.25, 0.3) is 22.2 Å². The second kappa shape index (κ2) is 10.8. The lowest BCUT2D eigenvalue weighted by Gasteiger charge is -2.17. The number of benzene rings is 1. The van der Waals surface area contributed by atoms with Gasteiger partial charge in [0.1, 0.15) is 17.0 Å². The van der Waals surface area contributed by atoms with E-state index in [4.69, 9.17) is 42.6 Å².